The maximum absolute atomic E-state index is 11.8. The Morgan fingerprint density at radius 1 is 1.32 bits per heavy atom. The number of halogens is 1. The molecule has 4 nitrogen and oxygen atoms in total. The maximum Gasteiger partial charge on any atom is 0.320 e. The van der Waals surface area contributed by atoms with Crippen molar-refractivity contribution in [3.63, 3.8) is 0 Å². The molecule has 104 valence electrons. The lowest BCUT2D eigenvalue weighted by atomic mass is 10.2. The van der Waals surface area contributed by atoms with Crippen molar-refractivity contribution in [2.75, 3.05) is 32.7 Å². The number of hydrogen-bond acceptors (Lipinski definition) is 4. The van der Waals surface area contributed by atoms with Gasteiger partial charge < -0.3 is 10.1 Å². The molecule has 1 N–H and O–H groups in total. The minimum atomic E-state index is -0.193. The van der Waals surface area contributed by atoms with Gasteiger partial charge in [-0.05, 0) is 25.6 Å². The molecule has 0 aliphatic carbocycles. The third kappa shape index (κ3) is 4.82. The number of carbonyl (C=O) groups excluding carboxylic acids is 1. The summed E-state index contributed by atoms with van der Waals surface area (Å²) in [6.45, 7) is 4.37. The van der Waals surface area contributed by atoms with Gasteiger partial charge in [-0.25, -0.2) is 0 Å². The Morgan fingerprint density at radius 3 is 3.00 bits per heavy atom. The monoisotopic (exact) mass is 282 g/mol. The van der Waals surface area contributed by atoms with Crippen molar-refractivity contribution < 1.29 is 9.53 Å². The minimum absolute atomic E-state index is 0.193. The molecule has 0 amide bonds. The average Bonchev–Trinajstić information content (AvgIpc) is 2.66. The lowest BCUT2D eigenvalue weighted by molar-refractivity contribution is -0.146. The molecule has 5 heteroatoms. The Kier molecular flexibility index (Phi) is 5.63. The van der Waals surface area contributed by atoms with E-state index in [1.54, 1.807) is 6.07 Å². The van der Waals surface area contributed by atoms with E-state index in [0.29, 0.717) is 11.6 Å². The van der Waals surface area contributed by atoms with E-state index in [-0.39, 0.29) is 12.6 Å². The van der Waals surface area contributed by atoms with Crippen molar-refractivity contribution in [2.24, 2.45) is 0 Å². The van der Waals surface area contributed by atoms with E-state index in [1.165, 1.54) is 0 Å². The summed E-state index contributed by atoms with van der Waals surface area (Å²) in [6.07, 6.45) is 1.07. The van der Waals surface area contributed by atoms with Crippen LogP contribution in [0.1, 0.15) is 12.0 Å². The largest absolute Gasteiger partial charge is 0.460 e. The van der Waals surface area contributed by atoms with Gasteiger partial charge in [0.2, 0.25) is 0 Å². The highest BCUT2D eigenvalue weighted by Crippen LogP contribution is 2.15. The average molecular weight is 283 g/mol. The Bertz CT molecular complexity index is 418. The van der Waals surface area contributed by atoms with Crippen molar-refractivity contribution in [3.8, 4) is 0 Å². The highest BCUT2D eigenvalue weighted by atomic mass is 35.5. The third-order valence-corrected chi connectivity index (χ3v) is 3.50. The van der Waals surface area contributed by atoms with Crippen LogP contribution in [0.2, 0.25) is 5.02 Å². The van der Waals surface area contributed by atoms with E-state index in [2.05, 4.69) is 10.2 Å². The number of nitrogens with one attached hydrogen (secondary N) is 1. The fraction of sp³-hybridized carbons (Fsp3) is 0.500. The van der Waals surface area contributed by atoms with Crippen molar-refractivity contribution in [1.29, 1.82) is 0 Å². The Morgan fingerprint density at radius 2 is 2.16 bits per heavy atom. The Labute approximate surface area is 118 Å². The summed E-state index contributed by atoms with van der Waals surface area (Å²) in [5, 5.41) is 3.94. The highest BCUT2D eigenvalue weighted by molar-refractivity contribution is 6.31. The van der Waals surface area contributed by atoms with Crippen LogP contribution < -0.4 is 5.32 Å². The second kappa shape index (κ2) is 7.48. The normalized spacial score (nSPS) is 16.9. The maximum atomic E-state index is 11.8. The quantitative estimate of drug-likeness (QED) is 0.853. The van der Waals surface area contributed by atoms with Crippen LogP contribution in [-0.2, 0) is 16.1 Å². The summed E-state index contributed by atoms with van der Waals surface area (Å²) in [5.41, 5.74) is 0.843. The first-order chi connectivity index (χ1) is 9.25. The number of esters is 1. The van der Waals surface area contributed by atoms with E-state index in [1.807, 2.05) is 18.2 Å². The molecule has 0 bridgehead atoms. The Hall–Kier alpha value is -1.10. The predicted molar refractivity (Wildman–Crippen MR) is 75.2 cm³/mol. The molecule has 1 saturated heterocycles. The Balaban J connectivity index is 1.76. The zero-order valence-electron chi connectivity index (χ0n) is 10.9. The zero-order chi connectivity index (χ0) is 13.5. The molecule has 1 aromatic carbocycles. The molecule has 19 heavy (non-hydrogen) atoms. The molecular weight excluding hydrogens is 264 g/mol. The molecule has 2 rings (SSSR count). The lowest BCUT2D eigenvalue weighted by Gasteiger charge is -2.18. The van der Waals surface area contributed by atoms with E-state index in [4.69, 9.17) is 16.3 Å². The van der Waals surface area contributed by atoms with Gasteiger partial charge in [-0.1, -0.05) is 29.8 Å². The van der Waals surface area contributed by atoms with E-state index in [9.17, 15) is 4.79 Å². The molecule has 0 spiro atoms. The second-order valence-corrected chi connectivity index (χ2v) is 5.04. The van der Waals surface area contributed by atoms with Crippen molar-refractivity contribution in [2.45, 2.75) is 13.0 Å². The van der Waals surface area contributed by atoms with Gasteiger partial charge in [0.1, 0.15) is 6.61 Å². The lowest BCUT2D eigenvalue weighted by Crippen LogP contribution is -2.33. The summed E-state index contributed by atoms with van der Waals surface area (Å²) < 4.78 is 5.27. The topological polar surface area (TPSA) is 41.6 Å². The van der Waals surface area contributed by atoms with E-state index < -0.39 is 0 Å². The summed E-state index contributed by atoms with van der Waals surface area (Å²) in [7, 11) is 0. The first-order valence-electron chi connectivity index (χ1n) is 6.58. The van der Waals surface area contributed by atoms with Crippen LogP contribution in [0.3, 0.4) is 0 Å². The van der Waals surface area contributed by atoms with Gasteiger partial charge in [-0.3, -0.25) is 9.69 Å². The molecule has 0 saturated carbocycles. The van der Waals surface area contributed by atoms with Crippen LogP contribution in [0.5, 0.6) is 0 Å². The first-order valence-corrected chi connectivity index (χ1v) is 6.95. The van der Waals surface area contributed by atoms with E-state index >= 15 is 0 Å². The highest BCUT2D eigenvalue weighted by Gasteiger charge is 2.13. The number of nitrogens with zero attached hydrogens (tertiary/aromatic N) is 1. The van der Waals surface area contributed by atoms with Gasteiger partial charge in [0, 0.05) is 23.7 Å². The standard InChI is InChI=1S/C14H19ClN2O2/c15-13-5-2-1-4-12(13)11-19-14(18)10-17-8-3-6-16-7-9-17/h1-2,4-5,16H,3,6-11H2. The summed E-state index contributed by atoms with van der Waals surface area (Å²) in [5.74, 6) is -0.193. The number of rotatable bonds is 4. The molecule has 1 aromatic rings. The van der Waals surface area contributed by atoms with Crippen LogP contribution in [0, 0.1) is 0 Å². The fourth-order valence-electron chi connectivity index (χ4n) is 2.06. The van der Waals surface area contributed by atoms with Gasteiger partial charge in [0.05, 0.1) is 6.54 Å². The van der Waals surface area contributed by atoms with Crippen LogP contribution in [0.15, 0.2) is 24.3 Å². The van der Waals surface area contributed by atoms with Gasteiger partial charge in [-0.2, -0.15) is 0 Å². The molecule has 1 aliphatic rings. The molecule has 0 aromatic heterocycles. The number of hydrogen-bond donors (Lipinski definition) is 1. The second-order valence-electron chi connectivity index (χ2n) is 4.63. The molecule has 0 atom stereocenters. The SMILES string of the molecule is O=C(CN1CCCNCC1)OCc1ccccc1Cl. The number of benzene rings is 1. The van der Waals surface area contributed by atoms with Crippen LogP contribution in [0.4, 0.5) is 0 Å². The summed E-state index contributed by atoms with van der Waals surface area (Å²) in [6, 6.07) is 7.41. The van der Waals surface area contributed by atoms with Crippen LogP contribution in [-0.4, -0.2) is 43.6 Å². The van der Waals surface area contributed by atoms with Gasteiger partial charge in [-0.15, -0.1) is 0 Å². The van der Waals surface area contributed by atoms with Crippen LogP contribution in [0.25, 0.3) is 0 Å². The summed E-state index contributed by atoms with van der Waals surface area (Å²) >= 11 is 6.01. The minimum Gasteiger partial charge on any atom is -0.460 e. The van der Waals surface area contributed by atoms with Gasteiger partial charge in [0.15, 0.2) is 0 Å². The van der Waals surface area contributed by atoms with Crippen LogP contribution >= 0.6 is 11.6 Å². The molecule has 0 unspecified atom stereocenters. The summed E-state index contributed by atoms with van der Waals surface area (Å²) in [4.78, 5) is 13.9. The fourth-order valence-corrected chi connectivity index (χ4v) is 2.25. The molecule has 1 heterocycles. The first kappa shape index (κ1) is 14.3. The van der Waals surface area contributed by atoms with Gasteiger partial charge >= 0.3 is 5.97 Å². The zero-order valence-corrected chi connectivity index (χ0v) is 11.7. The molecule has 1 aliphatic heterocycles. The number of ether oxygens (including phenoxy) is 1. The smallest absolute Gasteiger partial charge is 0.320 e. The van der Waals surface area contributed by atoms with E-state index in [0.717, 1.165) is 38.2 Å². The van der Waals surface area contributed by atoms with Crippen molar-refractivity contribution in [3.05, 3.63) is 34.9 Å². The third-order valence-electron chi connectivity index (χ3n) is 3.13. The molecule has 1 fully saturated rings. The number of carbonyl (C=O) groups is 1. The van der Waals surface area contributed by atoms with Gasteiger partial charge in [0.25, 0.3) is 0 Å². The molecule has 0 radical (unpaired) electrons. The molecular formula is C14H19ClN2O2. The predicted octanol–water partition coefficient (Wildman–Crippen LogP) is 1.68. The van der Waals surface area contributed by atoms with Crippen molar-refractivity contribution in [1.82, 2.24) is 10.2 Å². The van der Waals surface area contributed by atoms with Crippen molar-refractivity contribution >= 4 is 17.6 Å².